The standard InChI is InChI=1S/C46H26N4S3/c1-2-9-28(10-3-1)43-48-44(31-22-24-38-34(26-31)32-11-4-6-14-37(32)51-38)50-45(49-43)33-12-8-16-41-42(33)35-25-30(21-23-39(35)52-41)27-17-19-29(20-18-27)46-47-36-13-5-7-15-40(36)53-46/h1-26H. The Bertz CT molecular complexity index is 3140. The van der Waals surface area contributed by atoms with Crippen molar-refractivity contribution in [2.45, 2.75) is 0 Å². The Morgan fingerprint density at radius 3 is 1.77 bits per heavy atom. The summed E-state index contributed by atoms with van der Waals surface area (Å²) in [6.07, 6.45) is 0. The Kier molecular flexibility index (Phi) is 7.05. The zero-order valence-corrected chi connectivity index (χ0v) is 30.5. The molecule has 0 bridgehead atoms. The molecule has 11 aromatic rings. The van der Waals surface area contributed by atoms with Crippen LogP contribution >= 0.6 is 34.0 Å². The van der Waals surface area contributed by atoms with Gasteiger partial charge in [0.2, 0.25) is 0 Å². The van der Waals surface area contributed by atoms with Crippen molar-refractivity contribution in [3.8, 4) is 55.9 Å². The molecule has 4 aromatic heterocycles. The molecule has 0 N–H and O–H groups in total. The Balaban J connectivity index is 1.05. The summed E-state index contributed by atoms with van der Waals surface area (Å²) in [5.41, 5.74) is 7.43. The summed E-state index contributed by atoms with van der Waals surface area (Å²) in [7, 11) is 0. The van der Waals surface area contributed by atoms with E-state index in [-0.39, 0.29) is 0 Å². The second-order valence-corrected chi connectivity index (χ2v) is 16.2. The van der Waals surface area contributed by atoms with Crippen LogP contribution in [0.15, 0.2) is 158 Å². The van der Waals surface area contributed by atoms with E-state index < -0.39 is 0 Å². The van der Waals surface area contributed by atoms with Crippen molar-refractivity contribution >= 4 is 84.6 Å². The highest BCUT2D eigenvalue weighted by Gasteiger charge is 2.18. The molecule has 248 valence electrons. The number of para-hydroxylation sites is 1. The van der Waals surface area contributed by atoms with E-state index >= 15 is 0 Å². The Labute approximate surface area is 316 Å². The molecule has 53 heavy (non-hydrogen) atoms. The Hall–Kier alpha value is -6.12. The molecule has 0 aliphatic rings. The molecular formula is C46H26N4S3. The maximum absolute atomic E-state index is 5.22. The fourth-order valence-electron chi connectivity index (χ4n) is 7.20. The van der Waals surface area contributed by atoms with Gasteiger partial charge in [0.15, 0.2) is 17.5 Å². The van der Waals surface area contributed by atoms with E-state index in [1.165, 1.54) is 50.8 Å². The van der Waals surface area contributed by atoms with Crippen molar-refractivity contribution in [3.63, 3.8) is 0 Å². The predicted octanol–water partition coefficient (Wildman–Crippen LogP) is 13.6. The van der Waals surface area contributed by atoms with Crippen LogP contribution in [0.25, 0.3) is 106 Å². The first-order valence-corrected chi connectivity index (χ1v) is 19.8. The molecule has 0 amide bonds. The molecule has 0 unspecified atom stereocenters. The lowest BCUT2D eigenvalue weighted by atomic mass is 10.00. The van der Waals surface area contributed by atoms with Crippen LogP contribution < -0.4 is 0 Å². The molecule has 7 aromatic carbocycles. The fraction of sp³-hybridized carbons (Fsp3) is 0. The van der Waals surface area contributed by atoms with Crippen molar-refractivity contribution in [1.29, 1.82) is 0 Å². The van der Waals surface area contributed by atoms with Gasteiger partial charge in [-0.3, -0.25) is 0 Å². The molecule has 0 saturated heterocycles. The summed E-state index contributed by atoms with van der Waals surface area (Å²) in [5.74, 6) is 1.99. The number of aromatic nitrogens is 4. The number of hydrogen-bond donors (Lipinski definition) is 0. The average molecular weight is 731 g/mol. The highest BCUT2D eigenvalue weighted by atomic mass is 32.1. The van der Waals surface area contributed by atoms with Crippen LogP contribution in [0.1, 0.15) is 0 Å². The summed E-state index contributed by atoms with van der Waals surface area (Å²) in [5, 5.41) is 5.87. The molecule has 0 aliphatic heterocycles. The van der Waals surface area contributed by atoms with Crippen molar-refractivity contribution in [2.24, 2.45) is 0 Å². The van der Waals surface area contributed by atoms with Gasteiger partial charge >= 0.3 is 0 Å². The average Bonchev–Trinajstić information content (AvgIpc) is 3.94. The minimum atomic E-state index is 0.659. The van der Waals surface area contributed by atoms with Gasteiger partial charge in [-0.15, -0.1) is 34.0 Å². The third kappa shape index (κ3) is 5.24. The molecule has 11 rings (SSSR count). The van der Waals surface area contributed by atoms with E-state index in [0.717, 1.165) is 38.2 Å². The number of benzene rings is 7. The topological polar surface area (TPSA) is 51.6 Å². The maximum Gasteiger partial charge on any atom is 0.164 e. The molecule has 0 fully saturated rings. The lowest BCUT2D eigenvalue weighted by Gasteiger charge is -2.10. The molecule has 7 heteroatoms. The smallest absolute Gasteiger partial charge is 0.164 e. The summed E-state index contributed by atoms with van der Waals surface area (Å²) in [6, 6.07) is 55.7. The van der Waals surface area contributed by atoms with Crippen LogP contribution in [0.5, 0.6) is 0 Å². The molecule has 0 atom stereocenters. The van der Waals surface area contributed by atoms with Gasteiger partial charge in [0.25, 0.3) is 0 Å². The minimum Gasteiger partial charge on any atom is -0.236 e. The van der Waals surface area contributed by atoms with E-state index in [9.17, 15) is 0 Å². The zero-order chi connectivity index (χ0) is 34.9. The van der Waals surface area contributed by atoms with E-state index in [1.807, 2.05) is 35.6 Å². The maximum atomic E-state index is 5.22. The van der Waals surface area contributed by atoms with Crippen LogP contribution in [0, 0.1) is 0 Å². The molecule has 0 aliphatic carbocycles. The number of thiazole rings is 1. The van der Waals surface area contributed by atoms with Gasteiger partial charge in [-0.05, 0) is 65.7 Å². The number of rotatable bonds is 5. The van der Waals surface area contributed by atoms with Gasteiger partial charge in [-0.2, -0.15) is 0 Å². The quantitative estimate of drug-likeness (QED) is 0.177. The SMILES string of the molecule is c1ccc(-c2nc(-c3ccc4sc5ccccc5c4c3)nc(-c3cccc4sc5ccc(-c6ccc(-c7nc8ccccc8s7)cc6)cc5c34)n2)cc1. The van der Waals surface area contributed by atoms with E-state index in [1.54, 1.807) is 22.7 Å². The van der Waals surface area contributed by atoms with Crippen LogP contribution in [-0.4, -0.2) is 19.9 Å². The third-order valence-electron chi connectivity index (χ3n) is 9.80. The van der Waals surface area contributed by atoms with E-state index in [0.29, 0.717) is 17.5 Å². The first-order chi connectivity index (χ1) is 26.2. The second kappa shape index (κ2) is 12.2. The van der Waals surface area contributed by atoms with Gasteiger partial charge in [0.1, 0.15) is 5.01 Å². The van der Waals surface area contributed by atoms with Crippen LogP contribution in [0.2, 0.25) is 0 Å². The molecule has 4 nitrogen and oxygen atoms in total. The zero-order valence-electron chi connectivity index (χ0n) is 28.0. The fourth-order valence-corrected chi connectivity index (χ4v) is 10.4. The molecule has 0 spiro atoms. The Morgan fingerprint density at radius 1 is 0.321 bits per heavy atom. The highest BCUT2D eigenvalue weighted by Crippen LogP contribution is 2.42. The lowest BCUT2D eigenvalue weighted by Crippen LogP contribution is -2.00. The Morgan fingerprint density at radius 2 is 0.925 bits per heavy atom. The number of thiophene rings is 2. The molecule has 4 heterocycles. The van der Waals surface area contributed by atoms with Crippen LogP contribution in [0.4, 0.5) is 0 Å². The minimum absolute atomic E-state index is 0.659. The van der Waals surface area contributed by atoms with Crippen LogP contribution in [-0.2, 0) is 0 Å². The van der Waals surface area contributed by atoms with Crippen molar-refractivity contribution in [3.05, 3.63) is 158 Å². The lowest BCUT2D eigenvalue weighted by molar-refractivity contribution is 1.08. The highest BCUT2D eigenvalue weighted by molar-refractivity contribution is 7.26. The number of fused-ring (bicyclic) bond motifs is 7. The van der Waals surface area contributed by atoms with Gasteiger partial charge in [-0.25, -0.2) is 19.9 Å². The van der Waals surface area contributed by atoms with Crippen molar-refractivity contribution in [2.75, 3.05) is 0 Å². The second-order valence-electron chi connectivity index (χ2n) is 13.0. The van der Waals surface area contributed by atoms with Gasteiger partial charge < -0.3 is 0 Å². The molecule has 0 saturated carbocycles. The van der Waals surface area contributed by atoms with E-state index in [2.05, 4.69) is 133 Å². The van der Waals surface area contributed by atoms with Crippen LogP contribution in [0.3, 0.4) is 0 Å². The summed E-state index contributed by atoms with van der Waals surface area (Å²) >= 11 is 5.35. The summed E-state index contributed by atoms with van der Waals surface area (Å²) < 4.78 is 6.17. The monoisotopic (exact) mass is 730 g/mol. The normalized spacial score (nSPS) is 11.8. The number of hydrogen-bond acceptors (Lipinski definition) is 7. The van der Waals surface area contributed by atoms with Gasteiger partial charge in [0.05, 0.1) is 10.2 Å². The first kappa shape index (κ1) is 30.5. The van der Waals surface area contributed by atoms with Gasteiger partial charge in [0, 0.05) is 62.6 Å². The first-order valence-electron chi connectivity index (χ1n) is 17.4. The van der Waals surface area contributed by atoms with E-state index in [4.69, 9.17) is 19.9 Å². The summed E-state index contributed by atoms with van der Waals surface area (Å²) in [6.45, 7) is 0. The van der Waals surface area contributed by atoms with Gasteiger partial charge in [-0.1, -0.05) is 103 Å². The van der Waals surface area contributed by atoms with Crippen molar-refractivity contribution in [1.82, 2.24) is 19.9 Å². The third-order valence-corrected chi connectivity index (χ3v) is 13.2. The number of nitrogens with zero attached hydrogens (tertiary/aromatic N) is 4. The largest absolute Gasteiger partial charge is 0.236 e. The molecular weight excluding hydrogens is 705 g/mol. The predicted molar refractivity (Wildman–Crippen MR) is 226 cm³/mol. The van der Waals surface area contributed by atoms with Crippen molar-refractivity contribution < 1.29 is 0 Å². The molecule has 0 radical (unpaired) electrons. The summed E-state index contributed by atoms with van der Waals surface area (Å²) in [4.78, 5) is 20.3.